The molecule has 4 heteroatoms. The Morgan fingerprint density at radius 2 is 0.413 bits per heavy atom. The van der Waals surface area contributed by atoms with E-state index in [1.165, 1.54) is 230 Å². The molecule has 0 unspecified atom stereocenters. The van der Waals surface area contributed by atoms with Gasteiger partial charge in [0.25, 0.3) is 0 Å². The molecule has 282 valence electrons. The number of hydrogen-bond acceptors (Lipinski definition) is 2. The van der Waals surface area contributed by atoms with E-state index in [-0.39, 0.29) is 0 Å². The first-order valence-corrected chi connectivity index (χ1v) is 23.4. The van der Waals surface area contributed by atoms with Crippen LogP contribution in [0.1, 0.15) is 221 Å². The molecule has 0 aromatic rings. The number of rotatable bonds is 35. The second-order valence-electron chi connectivity index (χ2n) is 13.8. The highest BCUT2D eigenvalue weighted by Crippen LogP contribution is 2.11. The van der Waals surface area contributed by atoms with E-state index in [4.69, 9.17) is 0 Å². The summed E-state index contributed by atoms with van der Waals surface area (Å²) in [6.45, 7) is 21.7. The summed E-state index contributed by atoms with van der Waals surface area (Å²) in [6.07, 6.45) is 39.1. The predicted molar refractivity (Wildman–Crippen MR) is 224 cm³/mol. The molecule has 0 aromatic carbocycles. The van der Waals surface area contributed by atoms with Crippen molar-refractivity contribution >= 4 is 31.9 Å². The molecule has 0 amide bonds. The first-order valence-electron chi connectivity index (χ1n) is 21.2. The van der Waals surface area contributed by atoms with Gasteiger partial charge in [0.2, 0.25) is 0 Å². The molecular formula is C42H90Br2N2. The average Bonchev–Trinajstić information content (AvgIpc) is 3.06. The Morgan fingerprint density at radius 1 is 0.239 bits per heavy atom. The van der Waals surface area contributed by atoms with Crippen molar-refractivity contribution < 1.29 is 0 Å². The minimum absolute atomic E-state index is 1.18. The van der Waals surface area contributed by atoms with Crippen molar-refractivity contribution in [1.82, 2.24) is 9.80 Å². The maximum Gasteiger partial charge on any atom is 0.00313 e. The summed E-state index contributed by atoms with van der Waals surface area (Å²) in [7, 11) is 0. The van der Waals surface area contributed by atoms with Crippen molar-refractivity contribution in [3.8, 4) is 0 Å². The molecule has 0 aliphatic carbocycles. The lowest BCUT2D eigenvalue weighted by Crippen LogP contribution is -2.27. The lowest BCUT2D eigenvalue weighted by atomic mass is 10.1. The van der Waals surface area contributed by atoms with Crippen LogP contribution in [0.15, 0.2) is 0 Å². The van der Waals surface area contributed by atoms with Gasteiger partial charge in [0.1, 0.15) is 0 Å². The number of hydrogen-bond donors (Lipinski definition) is 0. The van der Waals surface area contributed by atoms with Crippen molar-refractivity contribution in [3.05, 3.63) is 0 Å². The average molecular weight is 783 g/mol. The lowest BCUT2D eigenvalue weighted by Gasteiger charge is -2.22. The van der Waals surface area contributed by atoms with Crippen molar-refractivity contribution in [2.75, 3.05) is 49.9 Å². The highest BCUT2D eigenvalue weighted by atomic mass is 79.9. The first kappa shape index (κ1) is 51.3. The van der Waals surface area contributed by atoms with Crippen LogP contribution in [0.3, 0.4) is 0 Å². The van der Waals surface area contributed by atoms with Gasteiger partial charge < -0.3 is 9.80 Å². The highest BCUT2D eigenvalue weighted by molar-refractivity contribution is 9.09. The molecule has 0 aliphatic rings. The first-order chi connectivity index (χ1) is 22.6. The zero-order valence-corrected chi connectivity index (χ0v) is 36.3. The molecule has 0 heterocycles. The molecule has 46 heavy (non-hydrogen) atoms. The van der Waals surface area contributed by atoms with Gasteiger partial charge in [-0.15, -0.1) is 0 Å². The van der Waals surface area contributed by atoms with Crippen LogP contribution in [-0.2, 0) is 0 Å². The Balaban J connectivity index is -0.000000605. The molecule has 0 spiro atoms. The van der Waals surface area contributed by atoms with Crippen LogP contribution < -0.4 is 0 Å². The minimum atomic E-state index is 1.18. The number of alkyl halides is 2. The summed E-state index contributed by atoms with van der Waals surface area (Å²) >= 11 is 6.93. The molecule has 0 radical (unpaired) electrons. The van der Waals surface area contributed by atoms with Crippen LogP contribution >= 0.6 is 31.9 Å². The molecule has 0 saturated carbocycles. The van der Waals surface area contributed by atoms with E-state index in [9.17, 15) is 0 Å². The Bertz CT molecular complexity index is 387. The van der Waals surface area contributed by atoms with Crippen molar-refractivity contribution in [3.63, 3.8) is 0 Å². The van der Waals surface area contributed by atoms with E-state index in [1.807, 2.05) is 0 Å². The maximum absolute atomic E-state index is 3.46. The van der Waals surface area contributed by atoms with Crippen LogP contribution in [-0.4, -0.2) is 59.7 Å². The third-order valence-corrected chi connectivity index (χ3v) is 10.1. The van der Waals surface area contributed by atoms with E-state index >= 15 is 0 Å². The molecule has 2 nitrogen and oxygen atoms in total. The van der Waals surface area contributed by atoms with Crippen LogP contribution in [0.4, 0.5) is 0 Å². The van der Waals surface area contributed by atoms with E-state index < -0.39 is 0 Å². The fraction of sp³-hybridized carbons (Fsp3) is 1.00. The summed E-state index contributed by atoms with van der Waals surface area (Å²) in [4.78, 5) is 5.39. The normalized spacial score (nSPS) is 11.1. The summed E-state index contributed by atoms with van der Waals surface area (Å²) in [5.74, 6) is 0. The summed E-state index contributed by atoms with van der Waals surface area (Å²) in [6, 6.07) is 0. The molecule has 0 N–H and O–H groups in total. The monoisotopic (exact) mass is 781 g/mol. The third kappa shape index (κ3) is 49.3. The quantitative estimate of drug-likeness (QED) is 0.0467. The topological polar surface area (TPSA) is 6.48 Å². The molecule has 0 saturated heterocycles. The third-order valence-electron chi connectivity index (χ3n) is 8.98. The van der Waals surface area contributed by atoms with Crippen molar-refractivity contribution in [1.29, 1.82) is 0 Å². The van der Waals surface area contributed by atoms with Gasteiger partial charge in [-0.3, -0.25) is 0 Å². The fourth-order valence-corrected chi connectivity index (χ4v) is 6.58. The van der Waals surface area contributed by atoms with Gasteiger partial charge in [0.05, 0.1) is 0 Å². The van der Waals surface area contributed by atoms with E-state index in [0.29, 0.717) is 0 Å². The van der Waals surface area contributed by atoms with E-state index in [1.54, 1.807) is 0 Å². The van der Waals surface area contributed by atoms with Crippen molar-refractivity contribution in [2.24, 2.45) is 0 Å². The van der Waals surface area contributed by atoms with Gasteiger partial charge >= 0.3 is 0 Å². The number of nitrogens with zero attached hydrogens (tertiary/aromatic N) is 2. The van der Waals surface area contributed by atoms with Gasteiger partial charge in [0, 0.05) is 10.7 Å². The SMILES string of the molecule is BrCCCCCCCCCCCCBr.CCCCCN(CCCCC)CCCCC.CCCCCN(CCCCC)CCCCC. The van der Waals surface area contributed by atoms with Crippen LogP contribution in [0.5, 0.6) is 0 Å². The zero-order valence-electron chi connectivity index (χ0n) is 33.1. The van der Waals surface area contributed by atoms with Gasteiger partial charge in [-0.1, -0.05) is 202 Å². The van der Waals surface area contributed by atoms with Crippen LogP contribution in [0.25, 0.3) is 0 Å². The molecule has 0 atom stereocenters. The van der Waals surface area contributed by atoms with Crippen LogP contribution in [0.2, 0.25) is 0 Å². The Labute approximate surface area is 311 Å². The number of halogens is 2. The molecule has 0 aromatic heterocycles. The molecule has 0 bridgehead atoms. The summed E-state index contributed by atoms with van der Waals surface area (Å²) < 4.78 is 0. The molecule has 0 fully saturated rings. The smallest absolute Gasteiger partial charge is 0.00313 e. The fourth-order valence-electron chi connectivity index (χ4n) is 5.79. The molecule has 0 aliphatic heterocycles. The Kier molecular flexibility index (Phi) is 56.0. The summed E-state index contributed by atoms with van der Waals surface area (Å²) in [5.41, 5.74) is 0. The second-order valence-corrected chi connectivity index (χ2v) is 15.4. The van der Waals surface area contributed by atoms with Crippen molar-refractivity contribution in [2.45, 2.75) is 221 Å². The van der Waals surface area contributed by atoms with Gasteiger partial charge in [-0.2, -0.15) is 0 Å². The Hall–Kier alpha value is 0.880. The van der Waals surface area contributed by atoms with Gasteiger partial charge in [-0.25, -0.2) is 0 Å². The second kappa shape index (κ2) is 50.3. The Morgan fingerprint density at radius 3 is 0.565 bits per heavy atom. The minimum Gasteiger partial charge on any atom is -0.303 e. The molecule has 0 rings (SSSR count). The lowest BCUT2D eigenvalue weighted by molar-refractivity contribution is 0.256. The number of unbranched alkanes of at least 4 members (excludes halogenated alkanes) is 21. The standard InChI is InChI=1S/2C15H33N.C12H24Br2/c2*1-4-7-10-13-16(14-11-8-5-2)15-12-9-6-3;13-11-9-7-5-3-1-2-4-6-8-10-12-14/h2*4-15H2,1-3H3;1-12H2. The molecular weight excluding hydrogens is 692 g/mol. The largest absolute Gasteiger partial charge is 0.303 e. The van der Waals surface area contributed by atoms with E-state index in [2.05, 4.69) is 83.2 Å². The maximum atomic E-state index is 3.46. The van der Waals surface area contributed by atoms with E-state index in [0.717, 1.165) is 0 Å². The van der Waals surface area contributed by atoms with Gasteiger partial charge in [0.15, 0.2) is 0 Å². The highest BCUT2D eigenvalue weighted by Gasteiger charge is 2.04. The van der Waals surface area contributed by atoms with Gasteiger partial charge in [-0.05, 0) is 90.6 Å². The van der Waals surface area contributed by atoms with Crippen LogP contribution in [0, 0.1) is 0 Å². The summed E-state index contributed by atoms with van der Waals surface area (Å²) in [5, 5.41) is 2.36. The zero-order chi connectivity index (χ0) is 34.6. The predicted octanol–water partition coefficient (Wildman–Crippen LogP) is 15.4.